The summed E-state index contributed by atoms with van der Waals surface area (Å²) in [7, 11) is 0. The third-order valence-corrected chi connectivity index (χ3v) is 6.61. The standard InChI is InChI=1S/C24H19N3O3/c1-15(28)27-22(29)13-24-20-12-18-10-6-5-9-17(18)11-19(20)23(30)26(24)21(14-25(24)27)16-7-3-2-4-8-16/h2-12,21H,13-14H2,1H3/t21-,24+/m1/s1. The van der Waals surface area contributed by atoms with E-state index in [4.69, 9.17) is 0 Å². The highest BCUT2D eigenvalue weighted by Gasteiger charge is 2.68. The van der Waals surface area contributed by atoms with Gasteiger partial charge in [0.15, 0.2) is 5.66 Å². The van der Waals surface area contributed by atoms with Gasteiger partial charge in [-0.2, -0.15) is 5.01 Å². The lowest BCUT2D eigenvalue weighted by atomic mass is 9.93. The molecular weight excluding hydrogens is 378 g/mol. The Morgan fingerprint density at radius 2 is 1.63 bits per heavy atom. The second-order valence-corrected chi connectivity index (χ2v) is 8.15. The molecule has 3 heterocycles. The summed E-state index contributed by atoms with van der Waals surface area (Å²) in [4.78, 5) is 40.8. The van der Waals surface area contributed by atoms with E-state index in [1.54, 1.807) is 0 Å². The summed E-state index contributed by atoms with van der Waals surface area (Å²) >= 11 is 0. The zero-order valence-corrected chi connectivity index (χ0v) is 16.4. The Morgan fingerprint density at radius 3 is 2.33 bits per heavy atom. The number of imide groups is 1. The van der Waals surface area contributed by atoms with Crippen LogP contribution in [-0.4, -0.2) is 39.2 Å². The Kier molecular flexibility index (Phi) is 3.34. The molecule has 2 atom stereocenters. The number of fused-ring (bicyclic) bond motifs is 2. The van der Waals surface area contributed by atoms with Crippen LogP contribution >= 0.6 is 0 Å². The number of amides is 3. The maximum atomic E-state index is 13.7. The lowest BCUT2D eigenvalue weighted by molar-refractivity contribution is -0.158. The van der Waals surface area contributed by atoms with E-state index in [2.05, 4.69) is 0 Å². The molecule has 6 heteroatoms. The summed E-state index contributed by atoms with van der Waals surface area (Å²) in [6, 6.07) is 21.4. The fourth-order valence-corrected chi connectivity index (χ4v) is 5.45. The van der Waals surface area contributed by atoms with Crippen LogP contribution in [0.15, 0.2) is 66.7 Å². The molecule has 3 aliphatic heterocycles. The minimum atomic E-state index is -0.959. The van der Waals surface area contributed by atoms with Gasteiger partial charge < -0.3 is 4.90 Å². The van der Waals surface area contributed by atoms with Crippen molar-refractivity contribution in [1.82, 2.24) is 14.9 Å². The quantitative estimate of drug-likeness (QED) is 0.633. The van der Waals surface area contributed by atoms with Crippen LogP contribution in [0.2, 0.25) is 0 Å². The van der Waals surface area contributed by atoms with Gasteiger partial charge in [0.1, 0.15) is 0 Å². The third-order valence-electron chi connectivity index (χ3n) is 6.61. The van der Waals surface area contributed by atoms with Gasteiger partial charge in [-0.1, -0.05) is 54.6 Å². The van der Waals surface area contributed by atoms with Crippen molar-refractivity contribution in [3.8, 4) is 0 Å². The smallest absolute Gasteiger partial charge is 0.256 e. The van der Waals surface area contributed by atoms with Gasteiger partial charge in [-0.05, 0) is 28.5 Å². The van der Waals surface area contributed by atoms with Crippen molar-refractivity contribution >= 4 is 28.5 Å². The first kappa shape index (κ1) is 17.4. The molecular formula is C24H19N3O3. The SMILES string of the molecule is CC(=O)N1C(=O)C[C@@]23c4cc5ccccc5cc4C(=O)N2[C@@H](c2ccccc2)CN13. The van der Waals surface area contributed by atoms with Crippen LogP contribution in [0, 0.1) is 0 Å². The Morgan fingerprint density at radius 1 is 0.967 bits per heavy atom. The Bertz CT molecular complexity index is 1260. The normalized spacial score (nSPS) is 25.0. The van der Waals surface area contributed by atoms with Gasteiger partial charge in [-0.3, -0.25) is 14.4 Å². The fraction of sp³-hybridized carbons (Fsp3) is 0.208. The van der Waals surface area contributed by atoms with Crippen LogP contribution in [-0.2, 0) is 15.3 Å². The summed E-state index contributed by atoms with van der Waals surface area (Å²) in [6.45, 7) is 1.79. The molecule has 0 aromatic heterocycles. The largest absolute Gasteiger partial charge is 0.305 e. The summed E-state index contributed by atoms with van der Waals surface area (Å²) in [5.74, 6) is -0.689. The minimum absolute atomic E-state index is 0.0764. The zero-order chi connectivity index (χ0) is 20.6. The number of hydrazine groups is 1. The number of hydrogen-bond donors (Lipinski definition) is 0. The molecule has 3 aromatic rings. The summed E-state index contributed by atoms with van der Waals surface area (Å²) in [5, 5.41) is 5.04. The Hall–Kier alpha value is -3.51. The topological polar surface area (TPSA) is 60.9 Å². The number of benzene rings is 3. The van der Waals surface area contributed by atoms with Crippen molar-refractivity contribution in [1.29, 1.82) is 0 Å². The summed E-state index contributed by atoms with van der Waals surface area (Å²) < 4.78 is 0. The lowest BCUT2D eigenvalue weighted by Crippen LogP contribution is -2.49. The number of hydrogen-bond acceptors (Lipinski definition) is 4. The van der Waals surface area contributed by atoms with E-state index in [1.165, 1.54) is 11.9 Å². The van der Waals surface area contributed by atoms with Gasteiger partial charge in [-0.15, -0.1) is 0 Å². The molecule has 0 saturated carbocycles. The molecule has 2 fully saturated rings. The number of carbonyl (C=O) groups excluding carboxylic acids is 3. The van der Waals surface area contributed by atoms with E-state index in [1.807, 2.05) is 76.6 Å². The second-order valence-electron chi connectivity index (χ2n) is 8.15. The average molecular weight is 397 g/mol. The third kappa shape index (κ3) is 1.99. The summed E-state index contributed by atoms with van der Waals surface area (Å²) in [5.41, 5.74) is 1.45. The highest BCUT2D eigenvalue weighted by atomic mass is 16.2. The molecule has 148 valence electrons. The molecule has 1 spiro atoms. The van der Waals surface area contributed by atoms with Gasteiger partial charge in [0.2, 0.25) is 11.8 Å². The molecule has 6 nitrogen and oxygen atoms in total. The van der Waals surface area contributed by atoms with Gasteiger partial charge in [0.05, 0.1) is 12.5 Å². The number of nitrogens with zero attached hydrogens (tertiary/aromatic N) is 3. The zero-order valence-electron chi connectivity index (χ0n) is 16.4. The molecule has 3 aliphatic rings. The molecule has 0 N–H and O–H groups in total. The van der Waals surface area contributed by atoms with E-state index >= 15 is 0 Å². The van der Waals surface area contributed by atoms with Crippen LogP contribution in [0.5, 0.6) is 0 Å². The van der Waals surface area contributed by atoms with Crippen molar-refractivity contribution < 1.29 is 14.4 Å². The van der Waals surface area contributed by atoms with Crippen molar-refractivity contribution in [3.63, 3.8) is 0 Å². The van der Waals surface area contributed by atoms with Gasteiger partial charge >= 0.3 is 0 Å². The molecule has 2 saturated heterocycles. The van der Waals surface area contributed by atoms with Crippen molar-refractivity contribution in [2.75, 3.05) is 6.54 Å². The van der Waals surface area contributed by atoms with Crippen LogP contribution in [0.4, 0.5) is 0 Å². The number of rotatable bonds is 1. The first-order valence-corrected chi connectivity index (χ1v) is 10.1. The minimum Gasteiger partial charge on any atom is -0.305 e. The maximum Gasteiger partial charge on any atom is 0.256 e. The fourth-order valence-electron chi connectivity index (χ4n) is 5.45. The van der Waals surface area contributed by atoms with E-state index in [-0.39, 0.29) is 30.2 Å². The van der Waals surface area contributed by atoms with Crippen molar-refractivity contribution in [3.05, 3.63) is 83.4 Å². The predicted molar refractivity (Wildman–Crippen MR) is 110 cm³/mol. The second kappa shape index (κ2) is 5.77. The Labute approximate surface area is 173 Å². The van der Waals surface area contributed by atoms with Crippen molar-refractivity contribution in [2.45, 2.75) is 25.0 Å². The Balaban J connectivity index is 1.63. The molecule has 3 aromatic carbocycles. The molecule has 0 aliphatic carbocycles. The molecule has 30 heavy (non-hydrogen) atoms. The summed E-state index contributed by atoms with van der Waals surface area (Å²) in [6.07, 6.45) is 0.0764. The van der Waals surface area contributed by atoms with E-state index in [0.29, 0.717) is 12.1 Å². The van der Waals surface area contributed by atoms with E-state index in [0.717, 1.165) is 21.9 Å². The highest BCUT2D eigenvalue weighted by molar-refractivity contribution is 6.07. The van der Waals surface area contributed by atoms with Gasteiger partial charge in [-0.25, -0.2) is 5.01 Å². The number of carbonyl (C=O) groups is 3. The van der Waals surface area contributed by atoms with Crippen LogP contribution in [0.25, 0.3) is 10.8 Å². The average Bonchev–Trinajstić information content (AvgIpc) is 3.30. The van der Waals surface area contributed by atoms with E-state index < -0.39 is 5.66 Å². The van der Waals surface area contributed by atoms with Crippen molar-refractivity contribution in [2.24, 2.45) is 0 Å². The van der Waals surface area contributed by atoms with Crippen LogP contribution in [0.3, 0.4) is 0 Å². The van der Waals surface area contributed by atoms with Crippen LogP contribution < -0.4 is 0 Å². The highest BCUT2D eigenvalue weighted by Crippen LogP contribution is 2.57. The molecule has 3 amide bonds. The first-order chi connectivity index (χ1) is 14.5. The predicted octanol–water partition coefficient (Wildman–Crippen LogP) is 3.20. The maximum absolute atomic E-state index is 13.7. The molecule has 0 radical (unpaired) electrons. The lowest BCUT2D eigenvalue weighted by Gasteiger charge is -2.35. The molecule has 0 bridgehead atoms. The van der Waals surface area contributed by atoms with Gasteiger partial charge in [0, 0.05) is 24.6 Å². The van der Waals surface area contributed by atoms with Gasteiger partial charge in [0.25, 0.3) is 5.91 Å². The molecule has 0 unspecified atom stereocenters. The van der Waals surface area contributed by atoms with Crippen LogP contribution in [0.1, 0.15) is 40.9 Å². The van der Waals surface area contributed by atoms with E-state index in [9.17, 15) is 14.4 Å². The molecule has 6 rings (SSSR count). The first-order valence-electron chi connectivity index (χ1n) is 10.1. The monoisotopic (exact) mass is 397 g/mol.